The molecular formula is C19H20N10O2. The molecule has 4 aromatic heterocycles. The van der Waals surface area contributed by atoms with Gasteiger partial charge in [-0.2, -0.15) is 9.97 Å². The molecule has 0 fully saturated rings. The lowest BCUT2D eigenvalue weighted by molar-refractivity contribution is 0.345. The van der Waals surface area contributed by atoms with Crippen molar-refractivity contribution in [1.29, 1.82) is 0 Å². The summed E-state index contributed by atoms with van der Waals surface area (Å²) in [7, 11) is 0. The van der Waals surface area contributed by atoms with Gasteiger partial charge < -0.3 is 26.1 Å². The fraction of sp³-hybridized carbons (Fsp3) is 0.263. The molecule has 31 heavy (non-hydrogen) atoms. The van der Waals surface area contributed by atoms with E-state index in [1.54, 1.807) is 22.9 Å². The topological polar surface area (TPSA) is 161 Å². The van der Waals surface area contributed by atoms with E-state index in [0.717, 1.165) is 17.7 Å². The Morgan fingerprint density at radius 3 is 3.06 bits per heavy atom. The van der Waals surface area contributed by atoms with Crippen LogP contribution >= 0.6 is 0 Å². The summed E-state index contributed by atoms with van der Waals surface area (Å²) >= 11 is 0. The lowest BCUT2D eigenvalue weighted by Gasteiger charge is -2.15. The number of nitrogens with one attached hydrogen (secondary N) is 3. The van der Waals surface area contributed by atoms with E-state index in [4.69, 9.17) is 10.5 Å². The Hall–Kier alpha value is -4.22. The van der Waals surface area contributed by atoms with Crippen LogP contribution in [0.1, 0.15) is 30.0 Å². The van der Waals surface area contributed by atoms with Crippen LogP contribution in [-0.2, 0) is 13.0 Å². The van der Waals surface area contributed by atoms with Crippen LogP contribution in [0, 0.1) is 0 Å². The number of pyridine rings is 1. The molecule has 4 aromatic rings. The lowest BCUT2D eigenvalue weighted by atomic mass is 10.2. The van der Waals surface area contributed by atoms with Gasteiger partial charge in [0.1, 0.15) is 11.6 Å². The highest BCUT2D eigenvalue weighted by molar-refractivity contribution is 5.55. The summed E-state index contributed by atoms with van der Waals surface area (Å²) in [6.07, 6.45) is 3.96. The highest BCUT2D eigenvalue weighted by Gasteiger charge is 2.23. The Bertz CT molecular complexity index is 1310. The number of rotatable bonds is 6. The fourth-order valence-electron chi connectivity index (χ4n) is 3.45. The smallest absolute Gasteiger partial charge is 0.293 e. The van der Waals surface area contributed by atoms with Crippen LogP contribution in [0.3, 0.4) is 0 Å². The van der Waals surface area contributed by atoms with E-state index < -0.39 is 0 Å². The molecule has 0 spiro atoms. The minimum atomic E-state index is -0.320. The SMILES string of the molecule is CC(Nc1nc(NCc2cccc(N)n2)c2c(n1)OCC2)c1nnc2c(=O)[nH]ccn12. The summed E-state index contributed by atoms with van der Waals surface area (Å²) in [5.74, 6) is 2.60. The van der Waals surface area contributed by atoms with Crippen LogP contribution in [0.5, 0.6) is 5.88 Å². The number of ether oxygens (including phenoxy) is 1. The van der Waals surface area contributed by atoms with Crippen LogP contribution in [0.25, 0.3) is 5.65 Å². The number of H-pyrrole nitrogens is 1. The van der Waals surface area contributed by atoms with E-state index in [2.05, 4.69) is 40.8 Å². The Morgan fingerprint density at radius 2 is 2.19 bits per heavy atom. The number of aromatic nitrogens is 7. The van der Waals surface area contributed by atoms with Crippen molar-refractivity contribution in [2.75, 3.05) is 23.0 Å². The molecule has 5 heterocycles. The van der Waals surface area contributed by atoms with Gasteiger partial charge in [-0.15, -0.1) is 10.2 Å². The second-order valence-corrected chi connectivity index (χ2v) is 7.09. The third kappa shape index (κ3) is 3.58. The normalized spacial score (nSPS) is 13.6. The van der Waals surface area contributed by atoms with E-state index in [-0.39, 0.29) is 17.2 Å². The summed E-state index contributed by atoms with van der Waals surface area (Å²) in [6.45, 7) is 2.89. The molecule has 0 bridgehead atoms. The van der Waals surface area contributed by atoms with Gasteiger partial charge in [0, 0.05) is 18.8 Å². The average molecular weight is 420 g/mol. The van der Waals surface area contributed by atoms with Gasteiger partial charge in [-0.1, -0.05) is 6.07 Å². The van der Waals surface area contributed by atoms with Gasteiger partial charge in [0.05, 0.1) is 30.5 Å². The first-order valence-electron chi connectivity index (χ1n) is 9.76. The number of hydrogen-bond donors (Lipinski definition) is 4. The monoisotopic (exact) mass is 420 g/mol. The van der Waals surface area contributed by atoms with E-state index in [9.17, 15) is 4.79 Å². The summed E-state index contributed by atoms with van der Waals surface area (Å²) < 4.78 is 7.29. The van der Waals surface area contributed by atoms with Crippen molar-refractivity contribution in [2.45, 2.75) is 25.9 Å². The van der Waals surface area contributed by atoms with Crippen molar-refractivity contribution in [3.63, 3.8) is 0 Å². The zero-order valence-electron chi connectivity index (χ0n) is 16.7. The predicted molar refractivity (Wildman–Crippen MR) is 113 cm³/mol. The zero-order chi connectivity index (χ0) is 21.4. The molecule has 0 aromatic carbocycles. The highest BCUT2D eigenvalue weighted by Crippen LogP contribution is 2.31. The third-order valence-corrected chi connectivity index (χ3v) is 4.92. The predicted octanol–water partition coefficient (Wildman–Crippen LogP) is 0.905. The molecule has 0 radical (unpaired) electrons. The Labute approximate surface area is 175 Å². The quantitative estimate of drug-likeness (QED) is 0.353. The summed E-state index contributed by atoms with van der Waals surface area (Å²) in [5, 5.41) is 14.6. The Kier molecular flexibility index (Phi) is 4.58. The number of aromatic amines is 1. The maximum atomic E-state index is 11.9. The molecule has 1 aliphatic heterocycles. The summed E-state index contributed by atoms with van der Waals surface area (Å²) in [6, 6.07) is 5.17. The molecule has 1 unspecified atom stereocenters. The van der Waals surface area contributed by atoms with Crippen LogP contribution in [-0.4, -0.2) is 41.1 Å². The first-order chi connectivity index (χ1) is 15.1. The second-order valence-electron chi connectivity index (χ2n) is 7.09. The van der Waals surface area contributed by atoms with E-state index in [0.29, 0.717) is 42.4 Å². The highest BCUT2D eigenvalue weighted by atomic mass is 16.5. The number of hydrogen-bond acceptors (Lipinski definition) is 10. The molecule has 5 rings (SSSR count). The van der Waals surface area contributed by atoms with Crippen molar-refractivity contribution in [3.05, 3.63) is 58.0 Å². The zero-order valence-corrected chi connectivity index (χ0v) is 16.7. The van der Waals surface area contributed by atoms with Crippen molar-refractivity contribution >= 4 is 23.2 Å². The minimum Gasteiger partial charge on any atom is -0.477 e. The minimum absolute atomic E-state index is 0.223. The lowest BCUT2D eigenvalue weighted by Crippen LogP contribution is -2.16. The van der Waals surface area contributed by atoms with Gasteiger partial charge in [0.2, 0.25) is 17.5 Å². The summed E-state index contributed by atoms with van der Waals surface area (Å²) in [4.78, 5) is 27.9. The van der Waals surface area contributed by atoms with E-state index in [1.165, 1.54) is 0 Å². The van der Waals surface area contributed by atoms with Gasteiger partial charge in [0.25, 0.3) is 5.56 Å². The van der Waals surface area contributed by atoms with Gasteiger partial charge in [-0.05, 0) is 19.1 Å². The molecule has 1 aliphatic rings. The fourth-order valence-corrected chi connectivity index (χ4v) is 3.45. The van der Waals surface area contributed by atoms with Crippen molar-refractivity contribution in [1.82, 2.24) is 34.5 Å². The molecule has 0 saturated carbocycles. The van der Waals surface area contributed by atoms with Crippen molar-refractivity contribution in [3.8, 4) is 5.88 Å². The van der Waals surface area contributed by atoms with E-state index >= 15 is 0 Å². The summed E-state index contributed by atoms with van der Waals surface area (Å²) in [5.41, 5.74) is 7.40. The number of nitrogens with two attached hydrogens (primary N) is 1. The molecule has 12 heteroatoms. The van der Waals surface area contributed by atoms with Crippen molar-refractivity contribution < 1.29 is 4.74 Å². The average Bonchev–Trinajstić information content (AvgIpc) is 3.40. The number of anilines is 3. The van der Waals surface area contributed by atoms with Gasteiger partial charge in [0.15, 0.2) is 5.82 Å². The van der Waals surface area contributed by atoms with Crippen molar-refractivity contribution in [2.24, 2.45) is 0 Å². The van der Waals surface area contributed by atoms with Crippen LogP contribution < -0.4 is 26.7 Å². The second kappa shape index (κ2) is 7.55. The molecular weight excluding hydrogens is 400 g/mol. The maximum absolute atomic E-state index is 11.9. The molecule has 5 N–H and O–H groups in total. The molecule has 1 atom stereocenters. The van der Waals surface area contributed by atoms with E-state index in [1.807, 2.05) is 19.1 Å². The first-order valence-corrected chi connectivity index (χ1v) is 9.76. The van der Waals surface area contributed by atoms with Crippen LogP contribution in [0.15, 0.2) is 35.4 Å². The third-order valence-electron chi connectivity index (χ3n) is 4.92. The number of nitrogen functional groups attached to an aromatic ring is 1. The molecule has 0 saturated heterocycles. The maximum Gasteiger partial charge on any atom is 0.293 e. The molecule has 12 nitrogen and oxygen atoms in total. The molecule has 0 aliphatic carbocycles. The molecule has 158 valence electrons. The standard InChI is InChI=1S/C19H20N10O2/c1-10(15-27-28-16-17(30)21-6-7-29(15)16)23-19-25-14(12-5-8-31-18(12)26-19)22-9-11-3-2-4-13(20)24-11/h2-4,6-7,10H,5,8-9H2,1H3,(H2,20,24)(H,21,30)(H2,22,23,25,26). The number of nitrogens with zero attached hydrogens (tertiary/aromatic N) is 6. The molecule has 0 amide bonds. The number of fused-ring (bicyclic) bond motifs is 2. The van der Waals surface area contributed by atoms with Gasteiger partial charge in [-0.3, -0.25) is 9.20 Å². The van der Waals surface area contributed by atoms with Gasteiger partial charge in [-0.25, -0.2) is 4.98 Å². The van der Waals surface area contributed by atoms with Crippen LogP contribution in [0.2, 0.25) is 0 Å². The largest absolute Gasteiger partial charge is 0.477 e. The Morgan fingerprint density at radius 1 is 1.29 bits per heavy atom. The van der Waals surface area contributed by atoms with Gasteiger partial charge >= 0.3 is 0 Å². The van der Waals surface area contributed by atoms with Crippen LogP contribution in [0.4, 0.5) is 17.6 Å². The Balaban J connectivity index is 1.41. The first kappa shape index (κ1) is 18.8.